The molecule has 0 radical (unpaired) electrons. The van der Waals surface area contributed by atoms with Gasteiger partial charge < -0.3 is 5.73 Å². The Hall–Kier alpha value is -0.960. The fourth-order valence-electron chi connectivity index (χ4n) is 2.11. The van der Waals surface area contributed by atoms with E-state index < -0.39 is 5.82 Å². The molecular weight excluding hydrogens is 208 g/mol. The van der Waals surface area contributed by atoms with E-state index in [2.05, 4.69) is 6.92 Å². The Kier molecular flexibility index (Phi) is 3.24. The average molecular weight is 225 g/mol. The molecule has 1 aliphatic carbocycles. The molecule has 1 nitrogen and oxygen atoms in total. The summed E-state index contributed by atoms with van der Waals surface area (Å²) in [7, 11) is 0. The van der Waals surface area contributed by atoms with Crippen LogP contribution in [0.25, 0.3) is 0 Å². The molecule has 0 heterocycles. The molecule has 1 aromatic rings. The molecule has 1 saturated carbocycles. The summed E-state index contributed by atoms with van der Waals surface area (Å²) >= 11 is 0. The summed E-state index contributed by atoms with van der Waals surface area (Å²) in [5.74, 6) is 0.316. The molecule has 0 aromatic heterocycles. The van der Waals surface area contributed by atoms with Gasteiger partial charge in [-0.2, -0.15) is 0 Å². The van der Waals surface area contributed by atoms with Crippen molar-refractivity contribution in [1.82, 2.24) is 0 Å². The van der Waals surface area contributed by atoms with Gasteiger partial charge in [0.1, 0.15) is 11.6 Å². The minimum atomic E-state index is -0.400. The normalized spacial score (nSPS) is 19.5. The van der Waals surface area contributed by atoms with Crippen LogP contribution >= 0.6 is 0 Å². The number of rotatable bonds is 4. The highest BCUT2D eigenvalue weighted by Crippen LogP contribution is 2.38. The van der Waals surface area contributed by atoms with E-state index in [0.29, 0.717) is 23.8 Å². The van der Waals surface area contributed by atoms with Crippen LogP contribution in [0.2, 0.25) is 0 Å². The maximum atomic E-state index is 13.4. The highest BCUT2D eigenvalue weighted by atomic mass is 19.1. The lowest BCUT2D eigenvalue weighted by molar-refractivity contribution is 0.399. The Morgan fingerprint density at radius 1 is 1.38 bits per heavy atom. The van der Waals surface area contributed by atoms with Gasteiger partial charge in [0.15, 0.2) is 0 Å². The SMILES string of the molecule is CC(C(N)Cc1cc(F)ccc1F)C1CC1. The minimum absolute atomic E-state index is 0.0798. The van der Waals surface area contributed by atoms with Crippen LogP contribution in [0, 0.1) is 23.5 Å². The molecule has 0 bridgehead atoms. The number of benzene rings is 1. The third-order valence-corrected chi connectivity index (χ3v) is 3.50. The van der Waals surface area contributed by atoms with Crippen molar-refractivity contribution in [1.29, 1.82) is 0 Å². The Labute approximate surface area is 94.7 Å². The van der Waals surface area contributed by atoms with Gasteiger partial charge in [0.25, 0.3) is 0 Å². The van der Waals surface area contributed by atoms with E-state index in [-0.39, 0.29) is 11.9 Å². The summed E-state index contributed by atoms with van der Waals surface area (Å²) in [6.45, 7) is 2.10. The zero-order valence-electron chi connectivity index (χ0n) is 9.42. The van der Waals surface area contributed by atoms with E-state index in [4.69, 9.17) is 5.73 Å². The summed E-state index contributed by atoms with van der Waals surface area (Å²) in [5.41, 5.74) is 6.41. The number of halogens is 2. The van der Waals surface area contributed by atoms with E-state index >= 15 is 0 Å². The first-order valence-electron chi connectivity index (χ1n) is 5.77. The van der Waals surface area contributed by atoms with E-state index in [1.54, 1.807) is 0 Å². The summed E-state index contributed by atoms with van der Waals surface area (Å²) < 4.78 is 26.3. The van der Waals surface area contributed by atoms with Gasteiger partial charge in [0.2, 0.25) is 0 Å². The molecule has 1 aromatic carbocycles. The number of hydrogen-bond acceptors (Lipinski definition) is 1. The Bertz CT molecular complexity index is 374. The summed E-state index contributed by atoms with van der Waals surface area (Å²) in [4.78, 5) is 0. The van der Waals surface area contributed by atoms with Crippen LogP contribution < -0.4 is 5.73 Å². The first-order chi connectivity index (χ1) is 7.58. The minimum Gasteiger partial charge on any atom is -0.327 e. The largest absolute Gasteiger partial charge is 0.327 e. The smallest absolute Gasteiger partial charge is 0.126 e. The molecule has 2 N–H and O–H groups in total. The summed E-state index contributed by atoms with van der Waals surface area (Å²) in [5, 5.41) is 0. The van der Waals surface area contributed by atoms with Crippen LogP contribution in [-0.2, 0) is 6.42 Å². The van der Waals surface area contributed by atoms with E-state index in [9.17, 15) is 8.78 Å². The van der Waals surface area contributed by atoms with E-state index in [1.807, 2.05) is 0 Å². The summed E-state index contributed by atoms with van der Waals surface area (Å²) in [6, 6.07) is 3.46. The Morgan fingerprint density at radius 3 is 2.69 bits per heavy atom. The number of nitrogens with two attached hydrogens (primary N) is 1. The highest BCUT2D eigenvalue weighted by molar-refractivity contribution is 5.20. The molecule has 2 rings (SSSR count). The van der Waals surface area contributed by atoms with Crippen molar-refractivity contribution in [3.05, 3.63) is 35.4 Å². The van der Waals surface area contributed by atoms with Gasteiger partial charge in [0, 0.05) is 6.04 Å². The highest BCUT2D eigenvalue weighted by Gasteiger charge is 2.31. The van der Waals surface area contributed by atoms with Crippen molar-refractivity contribution in [3.8, 4) is 0 Å². The zero-order valence-corrected chi connectivity index (χ0v) is 9.42. The third-order valence-electron chi connectivity index (χ3n) is 3.50. The Morgan fingerprint density at radius 2 is 2.06 bits per heavy atom. The standard InChI is InChI=1S/C13H17F2N/c1-8(9-2-3-9)13(16)7-10-6-11(14)4-5-12(10)15/h4-6,8-9,13H,2-3,7,16H2,1H3. The van der Waals surface area contributed by atoms with E-state index in [0.717, 1.165) is 6.07 Å². The molecule has 0 amide bonds. The molecular formula is C13H17F2N. The van der Waals surface area contributed by atoms with Gasteiger partial charge in [-0.1, -0.05) is 6.92 Å². The fourth-order valence-corrected chi connectivity index (χ4v) is 2.11. The van der Waals surface area contributed by atoms with Gasteiger partial charge in [0.05, 0.1) is 0 Å². The predicted octanol–water partition coefficient (Wildman–Crippen LogP) is 2.88. The third kappa shape index (κ3) is 2.59. The number of hydrogen-bond donors (Lipinski definition) is 1. The van der Waals surface area contributed by atoms with Gasteiger partial charge in [-0.3, -0.25) is 0 Å². The Balaban J connectivity index is 2.04. The molecule has 0 saturated heterocycles. The van der Waals surface area contributed by atoms with Crippen molar-refractivity contribution in [2.24, 2.45) is 17.6 Å². The second-order valence-electron chi connectivity index (χ2n) is 4.80. The molecule has 0 aliphatic heterocycles. The van der Waals surface area contributed by atoms with Crippen LogP contribution in [0.4, 0.5) is 8.78 Å². The van der Waals surface area contributed by atoms with Gasteiger partial charge in [-0.15, -0.1) is 0 Å². The summed E-state index contributed by atoms with van der Waals surface area (Å²) in [6.07, 6.45) is 2.86. The molecule has 88 valence electrons. The molecule has 1 aliphatic rings. The first kappa shape index (κ1) is 11.5. The molecule has 16 heavy (non-hydrogen) atoms. The second-order valence-corrected chi connectivity index (χ2v) is 4.80. The zero-order chi connectivity index (χ0) is 11.7. The molecule has 2 atom stereocenters. The van der Waals surface area contributed by atoms with Crippen molar-refractivity contribution >= 4 is 0 Å². The quantitative estimate of drug-likeness (QED) is 0.837. The fraction of sp³-hybridized carbons (Fsp3) is 0.538. The van der Waals surface area contributed by atoms with Crippen molar-refractivity contribution < 1.29 is 8.78 Å². The lowest BCUT2D eigenvalue weighted by Crippen LogP contribution is -2.32. The second kappa shape index (κ2) is 4.50. The molecule has 1 fully saturated rings. The van der Waals surface area contributed by atoms with Crippen LogP contribution in [0.15, 0.2) is 18.2 Å². The monoisotopic (exact) mass is 225 g/mol. The lowest BCUT2D eigenvalue weighted by Gasteiger charge is -2.19. The van der Waals surface area contributed by atoms with Crippen molar-refractivity contribution in [2.45, 2.75) is 32.2 Å². The van der Waals surface area contributed by atoms with Crippen molar-refractivity contribution in [3.63, 3.8) is 0 Å². The molecule has 0 spiro atoms. The maximum Gasteiger partial charge on any atom is 0.126 e. The van der Waals surface area contributed by atoms with Crippen LogP contribution in [0.5, 0.6) is 0 Å². The van der Waals surface area contributed by atoms with Crippen LogP contribution in [-0.4, -0.2) is 6.04 Å². The van der Waals surface area contributed by atoms with Gasteiger partial charge in [-0.25, -0.2) is 8.78 Å². The van der Waals surface area contributed by atoms with E-state index in [1.165, 1.54) is 25.0 Å². The average Bonchev–Trinajstić information content (AvgIpc) is 3.06. The van der Waals surface area contributed by atoms with Gasteiger partial charge in [-0.05, 0) is 54.9 Å². The topological polar surface area (TPSA) is 26.0 Å². The van der Waals surface area contributed by atoms with Gasteiger partial charge >= 0.3 is 0 Å². The lowest BCUT2D eigenvalue weighted by atomic mass is 9.92. The maximum absolute atomic E-state index is 13.4. The van der Waals surface area contributed by atoms with Crippen LogP contribution in [0.3, 0.4) is 0 Å². The predicted molar refractivity (Wildman–Crippen MR) is 59.9 cm³/mol. The van der Waals surface area contributed by atoms with Crippen LogP contribution in [0.1, 0.15) is 25.3 Å². The molecule has 3 heteroatoms. The van der Waals surface area contributed by atoms with Crippen molar-refractivity contribution in [2.75, 3.05) is 0 Å². The first-order valence-corrected chi connectivity index (χ1v) is 5.77. The molecule has 2 unspecified atom stereocenters.